The van der Waals surface area contributed by atoms with Gasteiger partial charge in [-0.25, -0.2) is 0 Å². The molecule has 1 amide bonds. The Kier molecular flexibility index (Phi) is 6.80. The number of halogens is 1. The van der Waals surface area contributed by atoms with Crippen molar-refractivity contribution in [1.29, 1.82) is 0 Å². The molecular formula is C16H22ClN3O3. The summed E-state index contributed by atoms with van der Waals surface area (Å²) in [7, 11) is 0. The lowest BCUT2D eigenvalue weighted by atomic mass is 9.97. The van der Waals surface area contributed by atoms with Gasteiger partial charge < -0.3 is 10.6 Å². The average Bonchev–Trinajstić information content (AvgIpc) is 2.47. The second kappa shape index (κ2) is 8.84. The van der Waals surface area contributed by atoms with E-state index in [1.54, 1.807) is 0 Å². The van der Waals surface area contributed by atoms with E-state index in [4.69, 9.17) is 11.6 Å². The molecule has 7 heteroatoms. The average molecular weight is 340 g/mol. The monoisotopic (exact) mass is 339 g/mol. The maximum absolute atomic E-state index is 12.0. The van der Waals surface area contributed by atoms with E-state index in [2.05, 4.69) is 10.6 Å². The highest BCUT2D eigenvalue weighted by Gasteiger charge is 2.17. The van der Waals surface area contributed by atoms with Crippen LogP contribution in [0.15, 0.2) is 18.2 Å². The van der Waals surface area contributed by atoms with Crippen LogP contribution in [0.2, 0.25) is 5.02 Å². The molecule has 0 aromatic heterocycles. The van der Waals surface area contributed by atoms with Gasteiger partial charge in [0.15, 0.2) is 0 Å². The zero-order chi connectivity index (χ0) is 16.7. The molecule has 0 atom stereocenters. The molecule has 0 radical (unpaired) electrons. The number of benzene rings is 1. The minimum atomic E-state index is -0.552. The molecule has 1 aliphatic carbocycles. The molecule has 0 saturated heterocycles. The summed E-state index contributed by atoms with van der Waals surface area (Å²) in [6.07, 6.45) is 8.32. The Morgan fingerprint density at radius 2 is 1.87 bits per heavy atom. The summed E-state index contributed by atoms with van der Waals surface area (Å²) in [6, 6.07) is 4.56. The molecule has 0 heterocycles. The van der Waals surface area contributed by atoms with Crippen molar-refractivity contribution < 1.29 is 9.72 Å². The predicted octanol–water partition coefficient (Wildman–Crippen LogP) is 3.89. The molecule has 2 rings (SSSR count). The topological polar surface area (TPSA) is 84.3 Å². The molecule has 0 spiro atoms. The van der Waals surface area contributed by atoms with Gasteiger partial charge in [0.1, 0.15) is 5.69 Å². The van der Waals surface area contributed by atoms with Crippen molar-refractivity contribution in [1.82, 2.24) is 5.32 Å². The lowest BCUT2D eigenvalue weighted by molar-refractivity contribution is -0.383. The Hall–Kier alpha value is -1.66. The van der Waals surface area contributed by atoms with E-state index in [0.29, 0.717) is 6.04 Å². The molecule has 1 aromatic rings. The van der Waals surface area contributed by atoms with Crippen LogP contribution >= 0.6 is 11.6 Å². The second-order valence-corrected chi connectivity index (χ2v) is 6.33. The molecular weight excluding hydrogens is 318 g/mol. The van der Waals surface area contributed by atoms with Gasteiger partial charge in [-0.3, -0.25) is 14.9 Å². The Balaban J connectivity index is 1.88. The highest BCUT2D eigenvalue weighted by Crippen LogP contribution is 2.27. The normalized spacial score (nSPS) is 16.4. The third-order valence-electron chi connectivity index (χ3n) is 4.09. The van der Waals surface area contributed by atoms with Gasteiger partial charge in [0.05, 0.1) is 11.5 Å². The summed E-state index contributed by atoms with van der Waals surface area (Å²) >= 11 is 5.76. The van der Waals surface area contributed by atoms with E-state index in [-0.39, 0.29) is 28.8 Å². The highest BCUT2D eigenvalue weighted by atomic mass is 35.5. The molecule has 0 aliphatic heterocycles. The maximum atomic E-state index is 12.0. The summed E-state index contributed by atoms with van der Waals surface area (Å²) in [5, 5.41) is 17.1. The van der Waals surface area contributed by atoms with Gasteiger partial charge in [0, 0.05) is 17.1 Å². The summed E-state index contributed by atoms with van der Waals surface area (Å²) in [5.41, 5.74) is -0.0272. The number of nitro benzene ring substituents is 1. The van der Waals surface area contributed by atoms with Crippen molar-refractivity contribution in [3.05, 3.63) is 33.3 Å². The number of nitrogens with one attached hydrogen (secondary N) is 2. The predicted molar refractivity (Wildman–Crippen MR) is 90.8 cm³/mol. The van der Waals surface area contributed by atoms with Crippen molar-refractivity contribution in [2.75, 3.05) is 11.9 Å². The Bertz CT molecular complexity index is 558. The van der Waals surface area contributed by atoms with E-state index in [0.717, 1.165) is 12.8 Å². The molecule has 0 unspecified atom stereocenters. The van der Waals surface area contributed by atoms with Crippen LogP contribution in [0.3, 0.4) is 0 Å². The lowest BCUT2D eigenvalue weighted by Gasteiger charge is -2.20. The SMILES string of the molecule is O=C(CNC1CCCCCCC1)Nc1ccc(Cl)cc1[N+](=O)[O-]. The number of hydrogen-bond acceptors (Lipinski definition) is 4. The quantitative estimate of drug-likeness (QED) is 0.629. The zero-order valence-corrected chi connectivity index (χ0v) is 13.8. The van der Waals surface area contributed by atoms with Crippen LogP contribution < -0.4 is 10.6 Å². The summed E-state index contributed by atoms with van der Waals surface area (Å²) in [6.45, 7) is 0.157. The van der Waals surface area contributed by atoms with E-state index in [1.807, 2.05) is 0 Å². The number of carbonyl (C=O) groups excluding carboxylic acids is 1. The summed E-state index contributed by atoms with van der Waals surface area (Å²) in [5.74, 6) is -0.280. The van der Waals surface area contributed by atoms with Gasteiger partial charge in [-0.1, -0.05) is 43.7 Å². The number of nitrogens with zero attached hydrogens (tertiary/aromatic N) is 1. The fourth-order valence-corrected chi connectivity index (χ4v) is 3.02. The third kappa shape index (κ3) is 5.80. The Morgan fingerprint density at radius 3 is 2.52 bits per heavy atom. The number of anilines is 1. The molecule has 6 nitrogen and oxygen atoms in total. The van der Waals surface area contributed by atoms with Crippen LogP contribution in [-0.2, 0) is 4.79 Å². The standard InChI is InChI=1S/C16H22ClN3O3/c17-12-8-9-14(15(10-12)20(22)23)19-16(21)11-18-13-6-4-2-1-3-5-7-13/h8-10,13,18H,1-7,11H2,(H,19,21). The molecule has 126 valence electrons. The molecule has 1 saturated carbocycles. The van der Waals surface area contributed by atoms with Crippen LogP contribution in [0.1, 0.15) is 44.9 Å². The molecule has 2 N–H and O–H groups in total. The first-order valence-corrected chi connectivity index (χ1v) is 8.41. The van der Waals surface area contributed by atoms with E-state index >= 15 is 0 Å². The lowest BCUT2D eigenvalue weighted by Crippen LogP contribution is -2.36. The zero-order valence-electron chi connectivity index (χ0n) is 13.0. The van der Waals surface area contributed by atoms with Crippen molar-refractivity contribution in [3.63, 3.8) is 0 Å². The van der Waals surface area contributed by atoms with Gasteiger partial charge in [-0.2, -0.15) is 0 Å². The first kappa shape index (κ1) is 17.7. The second-order valence-electron chi connectivity index (χ2n) is 5.89. The molecule has 1 aromatic carbocycles. The van der Waals surface area contributed by atoms with Crippen molar-refractivity contribution in [2.24, 2.45) is 0 Å². The third-order valence-corrected chi connectivity index (χ3v) is 4.32. The van der Waals surface area contributed by atoms with E-state index in [1.165, 1.54) is 50.3 Å². The Morgan fingerprint density at radius 1 is 1.22 bits per heavy atom. The number of rotatable bonds is 5. The van der Waals surface area contributed by atoms with Crippen LogP contribution in [0, 0.1) is 10.1 Å². The van der Waals surface area contributed by atoms with Gasteiger partial charge in [-0.15, -0.1) is 0 Å². The van der Waals surface area contributed by atoms with E-state index < -0.39 is 4.92 Å². The first-order valence-electron chi connectivity index (χ1n) is 8.03. The van der Waals surface area contributed by atoms with Crippen molar-refractivity contribution in [3.8, 4) is 0 Å². The van der Waals surface area contributed by atoms with E-state index in [9.17, 15) is 14.9 Å². The number of nitro groups is 1. The van der Waals surface area contributed by atoms with Crippen molar-refractivity contribution >= 4 is 28.9 Å². The first-order chi connectivity index (χ1) is 11.1. The van der Waals surface area contributed by atoms with Crippen molar-refractivity contribution in [2.45, 2.75) is 51.0 Å². The van der Waals surface area contributed by atoms with Crippen LogP contribution in [0.5, 0.6) is 0 Å². The smallest absolute Gasteiger partial charge is 0.294 e. The summed E-state index contributed by atoms with van der Waals surface area (Å²) in [4.78, 5) is 22.5. The number of hydrogen-bond donors (Lipinski definition) is 2. The largest absolute Gasteiger partial charge is 0.319 e. The molecule has 0 bridgehead atoms. The van der Waals surface area contributed by atoms with Gasteiger partial charge >= 0.3 is 0 Å². The summed E-state index contributed by atoms with van der Waals surface area (Å²) < 4.78 is 0. The number of amides is 1. The molecule has 1 aliphatic rings. The maximum Gasteiger partial charge on any atom is 0.294 e. The van der Waals surface area contributed by atoms with Gasteiger partial charge in [-0.05, 0) is 25.0 Å². The molecule has 1 fully saturated rings. The molecule has 23 heavy (non-hydrogen) atoms. The number of carbonyl (C=O) groups is 1. The minimum Gasteiger partial charge on any atom is -0.319 e. The highest BCUT2D eigenvalue weighted by molar-refractivity contribution is 6.31. The fourth-order valence-electron chi connectivity index (χ4n) is 2.85. The van der Waals surface area contributed by atoms with Gasteiger partial charge in [0.25, 0.3) is 5.69 Å². The van der Waals surface area contributed by atoms with Crippen LogP contribution in [0.4, 0.5) is 11.4 Å². The van der Waals surface area contributed by atoms with Crippen LogP contribution in [0.25, 0.3) is 0 Å². The minimum absolute atomic E-state index is 0.157. The Labute approximate surface area is 140 Å². The van der Waals surface area contributed by atoms with Gasteiger partial charge in [0.2, 0.25) is 5.91 Å². The van der Waals surface area contributed by atoms with Crippen LogP contribution in [-0.4, -0.2) is 23.4 Å². The fraction of sp³-hybridized carbons (Fsp3) is 0.562.